The Bertz CT molecular complexity index is 623. The highest BCUT2D eigenvalue weighted by molar-refractivity contribution is 7.81. The molecule has 0 saturated carbocycles. The third-order valence-electron chi connectivity index (χ3n) is 3.48. The molecule has 3 rings (SSSR count). The zero-order chi connectivity index (χ0) is 12.7. The fraction of sp³-hybridized carbons (Fsp3) is 0.267. The minimum absolute atomic E-state index is 0.149. The molecule has 3 heteroatoms. The van der Waals surface area contributed by atoms with Gasteiger partial charge in [0, 0.05) is 23.6 Å². The summed E-state index contributed by atoms with van der Waals surface area (Å²) in [5.74, 6) is 0.175. The fourth-order valence-corrected chi connectivity index (χ4v) is 2.95. The van der Waals surface area contributed by atoms with Crippen LogP contribution in [0.1, 0.15) is 12.0 Å². The van der Waals surface area contributed by atoms with Gasteiger partial charge in [-0.1, -0.05) is 36.4 Å². The van der Waals surface area contributed by atoms with Crippen molar-refractivity contribution in [1.82, 2.24) is 0 Å². The lowest BCUT2D eigenvalue weighted by molar-refractivity contribution is -0.117. The summed E-state index contributed by atoms with van der Waals surface area (Å²) in [7, 11) is 0. The van der Waals surface area contributed by atoms with Gasteiger partial charge in [0.2, 0.25) is 5.91 Å². The van der Waals surface area contributed by atoms with E-state index in [-0.39, 0.29) is 11.2 Å². The SMILES string of the molecule is Cc1ccc2ccccc2c1N1CC(S)CC1=O. The van der Waals surface area contributed by atoms with Crippen LogP contribution in [0.25, 0.3) is 10.8 Å². The second kappa shape index (κ2) is 4.32. The van der Waals surface area contributed by atoms with E-state index >= 15 is 0 Å². The second-order valence-corrected chi connectivity index (χ2v) is 5.54. The van der Waals surface area contributed by atoms with Gasteiger partial charge in [-0.05, 0) is 17.9 Å². The van der Waals surface area contributed by atoms with E-state index < -0.39 is 0 Å². The molecular formula is C15H15NOS. The van der Waals surface area contributed by atoms with Crippen LogP contribution < -0.4 is 4.90 Å². The molecule has 0 spiro atoms. The number of carbonyl (C=O) groups is 1. The predicted molar refractivity (Wildman–Crippen MR) is 78.4 cm³/mol. The predicted octanol–water partition coefficient (Wildman–Crippen LogP) is 3.18. The van der Waals surface area contributed by atoms with E-state index in [1.165, 1.54) is 5.39 Å². The van der Waals surface area contributed by atoms with E-state index in [2.05, 4.69) is 43.8 Å². The van der Waals surface area contributed by atoms with E-state index in [9.17, 15) is 4.79 Å². The Labute approximate surface area is 112 Å². The largest absolute Gasteiger partial charge is 0.310 e. The molecule has 1 atom stereocenters. The van der Waals surface area contributed by atoms with Crippen molar-refractivity contribution >= 4 is 35.0 Å². The van der Waals surface area contributed by atoms with Crippen molar-refractivity contribution in [2.75, 3.05) is 11.4 Å². The van der Waals surface area contributed by atoms with Gasteiger partial charge in [-0.15, -0.1) is 0 Å². The van der Waals surface area contributed by atoms with Gasteiger partial charge in [-0.3, -0.25) is 4.79 Å². The van der Waals surface area contributed by atoms with Gasteiger partial charge in [-0.2, -0.15) is 12.6 Å². The Hall–Kier alpha value is -1.48. The van der Waals surface area contributed by atoms with Crippen LogP contribution in [0.3, 0.4) is 0 Å². The molecule has 2 aromatic carbocycles. The van der Waals surface area contributed by atoms with E-state index in [0.717, 1.165) is 16.6 Å². The molecule has 0 bridgehead atoms. The smallest absolute Gasteiger partial charge is 0.228 e. The normalized spacial score (nSPS) is 19.8. The Morgan fingerprint density at radius 1 is 1.22 bits per heavy atom. The van der Waals surface area contributed by atoms with Crippen LogP contribution in [0, 0.1) is 6.92 Å². The number of nitrogens with zero attached hydrogens (tertiary/aromatic N) is 1. The van der Waals surface area contributed by atoms with Crippen molar-refractivity contribution in [3.05, 3.63) is 42.0 Å². The van der Waals surface area contributed by atoms with Gasteiger partial charge in [0.15, 0.2) is 0 Å². The molecule has 1 aliphatic rings. The standard InChI is InChI=1S/C15H15NOS/c1-10-6-7-11-4-2-3-5-13(11)15(10)16-9-12(18)8-14(16)17/h2-7,12,18H,8-9H2,1H3. The molecule has 0 N–H and O–H groups in total. The van der Waals surface area contributed by atoms with Gasteiger partial charge in [0.1, 0.15) is 0 Å². The van der Waals surface area contributed by atoms with E-state index in [0.29, 0.717) is 13.0 Å². The first-order valence-electron chi connectivity index (χ1n) is 6.13. The Kier molecular flexibility index (Phi) is 2.78. The molecule has 1 unspecified atom stereocenters. The highest BCUT2D eigenvalue weighted by Crippen LogP contribution is 2.34. The average molecular weight is 257 g/mol. The molecule has 2 nitrogen and oxygen atoms in total. The number of anilines is 1. The summed E-state index contributed by atoms with van der Waals surface area (Å²) >= 11 is 4.43. The van der Waals surface area contributed by atoms with Crippen molar-refractivity contribution in [3.8, 4) is 0 Å². The summed E-state index contributed by atoms with van der Waals surface area (Å²) in [6.07, 6.45) is 0.534. The number of carbonyl (C=O) groups excluding carboxylic acids is 1. The Morgan fingerprint density at radius 3 is 2.72 bits per heavy atom. The van der Waals surface area contributed by atoms with Crippen LogP contribution in [0.15, 0.2) is 36.4 Å². The molecule has 1 heterocycles. The van der Waals surface area contributed by atoms with Crippen LogP contribution in [-0.2, 0) is 4.79 Å². The molecule has 0 aromatic heterocycles. The Morgan fingerprint density at radius 2 is 2.00 bits per heavy atom. The maximum absolute atomic E-state index is 12.1. The molecule has 1 saturated heterocycles. The van der Waals surface area contributed by atoms with Gasteiger partial charge in [0.05, 0.1) is 5.69 Å². The highest BCUT2D eigenvalue weighted by Gasteiger charge is 2.30. The van der Waals surface area contributed by atoms with Crippen molar-refractivity contribution < 1.29 is 4.79 Å². The molecule has 1 amide bonds. The summed E-state index contributed by atoms with van der Waals surface area (Å²) < 4.78 is 0. The van der Waals surface area contributed by atoms with E-state index in [4.69, 9.17) is 0 Å². The van der Waals surface area contributed by atoms with Gasteiger partial charge in [0.25, 0.3) is 0 Å². The first-order valence-corrected chi connectivity index (χ1v) is 6.65. The fourth-order valence-electron chi connectivity index (χ4n) is 2.63. The molecule has 92 valence electrons. The molecule has 0 aliphatic carbocycles. The lowest BCUT2D eigenvalue weighted by Crippen LogP contribution is -2.25. The monoisotopic (exact) mass is 257 g/mol. The maximum atomic E-state index is 12.1. The lowest BCUT2D eigenvalue weighted by atomic mass is 10.0. The molecule has 0 radical (unpaired) electrons. The number of thiol groups is 1. The minimum atomic E-state index is 0.149. The first-order chi connectivity index (χ1) is 8.66. The van der Waals surface area contributed by atoms with Gasteiger partial charge < -0.3 is 4.90 Å². The zero-order valence-electron chi connectivity index (χ0n) is 10.3. The van der Waals surface area contributed by atoms with E-state index in [1.807, 2.05) is 17.0 Å². The number of rotatable bonds is 1. The number of hydrogen-bond donors (Lipinski definition) is 1. The average Bonchev–Trinajstić information content (AvgIpc) is 2.68. The maximum Gasteiger partial charge on any atom is 0.228 e. The molecule has 18 heavy (non-hydrogen) atoms. The quantitative estimate of drug-likeness (QED) is 0.778. The highest BCUT2D eigenvalue weighted by atomic mass is 32.1. The number of hydrogen-bond acceptors (Lipinski definition) is 2. The lowest BCUT2D eigenvalue weighted by Gasteiger charge is -2.21. The van der Waals surface area contributed by atoms with Gasteiger partial charge >= 0.3 is 0 Å². The molecule has 1 aliphatic heterocycles. The topological polar surface area (TPSA) is 20.3 Å². The summed E-state index contributed by atoms with van der Waals surface area (Å²) in [4.78, 5) is 13.9. The van der Waals surface area contributed by atoms with Crippen LogP contribution in [0.4, 0.5) is 5.69 Å². The molecular weight excluding hydrogens is 242 g/mol. The third kappa shape index (κ3) is 1.79. The minimum Gasteiger partial charge on any atom is -0.310 e. The van der Waals surface area contributed by atoms with Crippen molar-refractivity contribution in [1.29, 1.82) is 0 Å². The summed E-state index contributed by atoms with van der Waals surface area (Å²) in [5, 5.41) is 2.47. The number of benzene rings is 2. The van der Waals surface area contributed by atoms with Crippen LogP contribution in [0.2, 0.25) is 0 Å². The number of amides is 1. The van der Waals surface area contributed by atoms with E-state index in [1.54, 1.807) is 0 Å². The van der Waals surface area contributed by atoms with Crippen LogP contribution in [-0.4, -0.2) is 17.7 Å². The third-order valence-corrected chi connectivity index (χ3v) is 3.82. The zero-order valence-corrected chi connectivity index (χ0v) is 11.2. The molecule has 1 fully saturated rings. The Balaban J connectivity index is 2.22. The number of aryl methyl sites for hydroxylation is 1. The molecule has 2 aromatic rings. The summed E-state index contributed by atoms with van der Waals surface area (Å²) in [6, 6.07) is 12.4. The van der Waals surface area contributed by atoms with Crippen LogP contribution >= 0.6 is 12.6 Å². The number of fused-ring (bicyclic) bond motifs is 1. The summed E-state index contributed by atoms with van der Waals surface area (Å²) in [6.45, 7) is 2.76. The first kappa shape index (κ1) is 11.6. The van der Waals surface area contributed by atoms with Crippen LogP contribution in [0.5, 0.6) is 0 Å². The second-order valence-electron chi connectivity index (χ2n) is 4.81. The van der Waals surface area contributed by atoms with Crippen molar-refractivity contribution in [2.45, 2.75) is 18.6 Å². The van der Waals surface area contributed by atoms with Crippen molar-refractivity contribution in [2.24, 2.45) is 0 Å². The summed E-state index contributed by atoms with van der Waals surface area (Å²) in [5.41, 5.74) is 2.19. The van der Waals surface area contributed by atoms with Crippen molar-refractivity contribution in [3.63, 3.8) is 0 Å². The van der Waals surface area contributed by atoms with Gasteiger partial charge in [-0.25, -0.2) is 0 Å².